The van der Waals surface area contributed by atoms with Crippen LogP contribution in [0.2, 0.25) is 0 Å². The molecule has 8 heteroatoms. The zero-order valence-electron chi connectivity index (χ0n) is 12.2. The molecule has 0 aliphatic carbocycles. The van der Waals surface area contributed by atoms with Crippen LogP contribution in [-0.4, -0.2) is 39.4 Å². The highest BCUT2D eigenvalue weighted by atomic mass is 79.9. The minimum absolute atomic E-state index is 0.0610. The van der Waals surface area contributed by atoms with Crippen molar-refractivity contribution in [1.82, 2.24) is 9.62 Å². The van der Waals surface area contributed by atoms with Crippen LogP contribution in [0.3, 0.4) is 0 Å². The normalized spacial score (nSPS) is 11.9. The van der Waals surface area contributed by atoms with E-state index in [9.17, 15) is 12.8 Å². The second-order valence-corrected chi connectivity index (χ2v) is 7.35. The zero-order chi connectivity index (χ0) is 15.9. The van der Waals surface area contributed by atoms with Gasteiger partial charge in [0.15, 0.2) is 0 Å². The maximum Gasteiger partial charge on any atom is 0.301 e. The Morgan fingerprint density at radius 3 is 2.67 bits per heavy atom. The van der Waals surface area contributed by atoms with Crippen LogP contribution in [0.4, 0.5) is 10.1 Å². The van der Waals surface area contributed by atoms with E-state index in [2.05, 4.69) is 32.9 Å². The molecule has 1 aromatic carbocycles. The molecule has 0 fully saturated rings. The molecule has 21 heavy (non-hydrogen) atoms. The van der Waals surface area contributed by atoms with E-state index in [1.165, 1.54) is 23.5 Å². The Kier molecular flexibility index (Phi) is 7.58. The fraction of sp³-hybridized carbons (Fsp3) is 0.538. The van der Waals surface area contributed by atoms with Crippen molar-refractivity contribution < 1.29 is 12.8 Å². The average molecular weight is 382 g/mol. The van der Waals surface area contributed by atoms with Crippen LogP contribution in [0.1, 0.15) is 19.8 Å². The highest BCUT2D eigenvalue weighted by molar-refractivity contribution is 9.10. The van der Waals surface area contributed by atoms with Crippen LogP contribution in [0.25, 0.3) is 0 Å². The van der Waals surface area contributed by atoms with E-state index >= 15 is 0 Å². The third-order valence-electron chi connectivity index (χ3n) is 2.83. The maximum atomic E-state index is 13.7. The molecule has 5 nitrogen and oxygen atoms in total. The van der Waals surface area contributed by atoms with Crippen molar-refractivity contribution in [3.8, 4) is 0 Å². The SMILES string of the molecule is CCCNCCCN(C)S(=O)(=O)Nc1ccc(Br)cc1F. The van der Waals surface area contributed by atoms with E-state index in [0.29, 0.717) is 17.4 Å². The molecule has 0 amide bonds. The van der Waals surface area contributed by atoms with E-state index in [0.717, 1.165) is 19.5 Å². The van der Waals surface area contributed by atoms with Crippen molar-refractivity contribution >= 4 is 31.8 Å². The van der Waals surface area contributed by atoms with E-state index in [1.54, 1.807) is 6.07 Å². The minimum Gasteiger partial charge on any atom is -0.317 e. The van der Waals surface area contributed by atoms with E-state index in [1.807, 2.05) is 0 Å². The van der Waals surface area contributed by atoms with Gasteiger partial charge in [0.05, 0.1) is 5.69 Å². The highest BCUT2D eigenvalue weighted by Crippen LogP contribution is 2.20. The van der Waals surface area contributed by atoms with Crippen LogP contribution in [0.5, 0.6) is 0 Å². The highest BCUT2D eigenvalue weighted by Gasteiger charge is 2.18. The Morgan fingerprint density at radius 2 is 2.05 bits per heavy atom. The summed E-state index contributed by atoms with van der Waals surface area (Å²) in [6.07, 6.45) is 1.73. The summed E-state index contributed by atoms with van der Waals surface area (Å²) in [4.78, 5) is 0. The molecular formula is C13H21BrFN3O2S. The van der Waals surface area contributed by atoms with E-state index < -0.39 is 16.0 Å². The van der Waals surface area contributed by atoms with E-state index in [-0.39, 0.29) is 5.69 Å². The number of benzene rings is 1. The molecule has 0 aliphatic rings. The molecule has 120 valence electrons. The van der Waals surface area contributed by atoms with Gasteiger partial charge in [-0.15, -0.1) is 0 Å². The molecule has 0 atom stereocenters. The molecule has 0 heterocycles. The molecule has 0 unspecified atom stereocenters. The molecule has 1 rings (SSSR count). The molecular weight excluding hydrogens is 361 g/mol. The van der Waals surface area contributed by atoms with Gasteiger partial charge in [-0.2, -0.15) is 12.7 Å². The predicted molar refractivity (Wildman–Crippen MR) is 87.1 cm³/mol. The molecule has 0 aliphatic heterocycles. The lowest BCUT2D eigenvalue weighted by Gasteiger charge is -2.18. The van der Waals surface area contributed by atoms with Gasteiger partial charge in [0, 0.05) is 18.1 Å². The van der Waals surface area contributed by atoms with Crippen LogP contribution < -0.4 is 10.0 Å². The first-order chi connectivity index (χ1) is 9.86. The van der Waals surface area contributed by atoms with Gasteiger partial charge in [-0.25, -0.2) is 4.39 Å². The first-order valence-electron chi connectivity index (χ1n) is 6.76. The quantitative estimate of drug-likeness (QED) is 0.646. The Labute approximate surface area is 134 Å². The summed E-state index contributed by atoms with van der Waals surface area (Å²) in [6, 6.07) is 4.18. The van der Waals surface area contributed by atoms with Gasteiger partial charge in [0.1, 0.15) is 5.82 Å². The van der Waals surface area contributed by atoms with Crippen LogP contribution in [-0.2, 0) is 10.2 Å². The molecule has 0 spiro atoms. The molecule has 0 saturated heterocycles. The molecule has 1 aromatic rings. The van der Waals surface area contributed by atoms with Crippen LogP contribution in [0.15, 0.2) is 22.7 Å². The predicted octanol–water partition coefficient (Wildman–Crippen LogP) is 2.57. The second kappa shape index (κ2) is 8.67. The van der Waals surface area contributed by atoms with Crippen LogP contribution >= 0.6 is 15.9 Å². The van der Waals surface area contributed by atoms with Gasteiger partial charge in [-0.1, -0.05) is 22.9 Å². The molecule has 0 saturated carbocycles. The topological polar surface area (TPSA) is 61.4 Å². The Bertz CT molecular complexity index is 554. The summed E-state index contributed by atoms with van der Waals surface area (Å²) < 4.78 is 41.8. The smallest absolute Gasteiger partial charge is 0.301 e. The first-order valence-corrected chi connectivity index (χ1v) is 9.00. The van der Waals surface area contributed by atoms with Crippen molar-refractivity contribution in [2.75, 3.05) is 31.4 Å². The maximum absolute atomic E-state index is 13.7. The molecule has 0 aromatic heterocycles. The van der Waals surface area contributed by atoms with Gasteiger partial charge < -0.3 is 5.32 Å². The molecule has 0 bridgehead atoms. The largest absolute Gasteiger partial charge is 0.317 e. The number of halogens is 2. The monoisotopic (exact) mass is 381 g/mol. The number of hydrogen-bond donors (Lipinski definition) is 2. The fourth-order valence-corrected chi connectivity index (χ4v) is 2.94. The summed E-state index contributed by atoms with van der Waals surface area (Å²) in [5.74, 6) is -0.619. The summed E-state index contributed by atoms with van der Waals surface area (Å²) in [5, 5.41) is 3.20. The van der Waals surface area contributed by atoms with Crippen molar-refractivity contribution in [2.24, 2.45) is 0 Å². The third kappa shape index (κ3) is 6.29. The van der Waals surface area contributed by atoms with Gasteiger partial charge in [-0.05, 0) is 44.1 Å². The first kappa shape index (κ1) is 18.3. The lowest BCUT2D eigenvalue weighted by atomic mass is 10.3. The van der Waals surface area contributed by atoms with Gasteiger partial charge >= 0.3 is 10.2 Å². The van der Waals surface area contributed by atoms with Gasteiger partial charge in [0.25, 0.3) is 0 Å². The van der Waals surface area contributed by atoms with Gasteiger partial charge in [0.2, 0.25) is 0 Å². The second-order valence-electron chi connectivity index (χ2n) is 4.66. The average Bonchev–Trinajstić information content (AvgIpc) is 2.41. The minimum atomic E-state index is -3.74. The molecule has 2 N–H and O–H groups in total. The number of hydrogen-bond acceptors (Lipinski definition) is 3. The van der Waals surface area contributed by atoms with Crippen molar-refractivity contribution in [3.63, 3.8) is 0 Å². The van der Waals surface area contributed by atoms with Gasteiger partial charge in [-0.3, -0.25) is 4.72 Å². The van der Waals surface area contributed by atoms with Crippen molar-refractivity contribution in [1.29, 1.82) is 0 Å². The summed E-state index contributed by atoms with van der Waals surface area (Å²) in [5.41, 5.74) is -0.0610. The van der Waals surface area contributed by atoms with Crippen LogP contribution in [0, 0.1) is 5.82 Å². The third-order valence-corrected chi connectivity index (χ3v) is 4.81. The Balaban J connectivity index is 2.55. The number of nitrogens with zero attached hydrogens (tertiary/aromatic N) is 1. The summed E-state index contributed by atoms with van der Waals surface area (Å²) in [7, 11) is -2.27. The Hall–Kier alpha value is -0.700. The summed E-state index contributed by atoms with van der Waals surface area (Å²) in [6.45, 7) is 4.10. The standard InChI is InChI=1S/C13H21BrFN3O2S/c1-3-7-16-8-4-9-18(2)21(19,20)17-13-6-5-11(14)10-12(13)15/h5-6,10,16-17H,3-4,7-9H2,1-2H3. The fourth-order valence-electron chi connectivity index (χ4n) is 1.64. The van der Waals surface area contributed by atoms with Crippen molar-refractivity contribution in [3.05, 3.63) is 28.5 Å². The summed E-state index contributed by atoms with van der Waals surface area (Å²) >= 11 is 3.13. The lowest BCUT2D eigenvalue weighted by Crippen LogP contribution is -2.34. The van der Waals surface area contributed by atoms with E-state index in [4.69, 9.17) is 0 Å². The lowest BCUT2D eigenvalue weighted by molar-refractivity contribution is 0.458. The number of nitrogens with one attached hydrogen (secondary N) is 2. The number of rotatable bonds is 9. The number of anilines is 1. The van der Waals surface area contributed by atoms with Crippen molar-refractivity contribution in [2.45, 2.75) is 19.8 Å². The zero-order valence-corrected chi connectivity index (χ0v) is 14.6. The molecule has 0 radical (unpaired) electrons. The Morgan fingerprint density at radius 1 is 1.33 bits per heavy atom.